The van der Waals surface area contributed by atoms with Crippen molar-refractivity contribution < 1.29 is 18.0 Å². The Hall–Kier alpha value is -1.72. The summed E-state index contributed by atoms with van der Waals surface area (Å²) >= 11 is 0. The zero-order valence-electron chi connectivity index (χ0n) is 11.6. The molecule has 1 N–H and O–H groups in total. The molecule has 0 spiro atoms. The lowest BCUT2D eigenvalue weighted by atomic mass is 10.1. The molecule has 1 rings (SSSR count). The fraction of sp³-hybridized carbons (Fsp3) is 0.500. The van der Waals surface area contributed by atoms with Crippen molar-refractivity contribution in [2.45, 2.75) is 19.5 Å². The van der Waals surface area contributed by atoms with Gasteiger partial charge in [0.25, 0.3) is 0 Å². The van der Waals surface area contributed by atoms with Gasteiger partial charge in [0.1, 0.15) is 5.92 Å². The van der Waals surface area contributed by atoms with E-state index in [2.05, 4.69) is 5.32 Å². The Morgan fingerprint density at radius 3 is 2.45 bits per heavy atom. The van der Waals surface area contributed by atoms with E-state index < -0.39 is 18.0 Å². The highest BCUT2D eigenvalue weighted by Gasteiger charge is 2.40. The second-order valence-electron chi connectivity index (χ2n) is 4.66. The van der Waals surface area contributed by atoms with Crippen molar-refractivity contribution >= 4 is 11.6 Å². The summed E-state index contributed by atoms with van der Waals surface area (Å²) in [5.74, 6) is -2.94. The van der Waals surface area contributed by atoms with E-state index in [1.165, 1.54) is 0 Å². The minimum atomic E-state index is -4.48. The quantitative estimate of drug-likeness (QED) is 0.816. The fourth-order valence-electron chi connectivity index (χ4n) is 1.64. The van der Waals surface area contributed by atoms with Crippen LogP contribution in [0.2, 0.25) is 0 Å². The number of rotatable bonds is 6. The first-order valence-electron chi connectivity index (χ1n) is 6.43. The van der Waals surface area contributed by atoms with Crippen LogP contribution in [-0.2, 0) is 4.79 Å². The number of benzene rings is 1. The normalized spacial score (nSPS) is 12.8. The standard InChI is InChI=1S/C14H19F3N2O/c1-11(14(15,16)17)13(20)18-9-6-10-19(2)12-7-4-3-5-8-12/h3-5,7-8,11H,6,9-10H2,1-2H3,(H,18,20)/t11-/m0/s1. The van der Waals surface area contributed by atoms with Gasteiger partial charge in [0, 0.05) is 25.8 Å². The minimum Gasteiger partial charge on any atom is -0.375 e. The van der Waals surface area contributed by atoms with E-state index in [-0.39, 0.29) is 6.54 Å². The Bertz CT molecular complexity index is 420. The Balaban J connectivity index is 2.27. The minimum absolute atomic E-state index is 0.233. The van der Waals surface area contributed by atoms with Gasteiger partial charge in [-0.05, 0) is 25.5 Å². The van der Waals surface area contributed by atoms with Gasteiger partial charge in [0.15, 0.2) is 0 Å². The van der Waals surface area contributed by atoms with Gasteiger partial charge < -0.3 is 10.2 Å². The van der Waals surface area contributed by atoms with Crippen molar-refractivity contribution in [3.8, 4) is 0 Å². The van der Waals surface area contributed by atoms with E-state index in [0.717, 1.165) is 12.6 Å². The Morgan fingerprint density at radius 2 is 1.90 bits per heavy atom. The van der Waals surface area contributed by atoms with Crippen molar-refractivity contribution in [3.05, 3.63) is 30.3 Å². The van der Waals surface area contributed by atoms with E-state index in [1.54, 1.807) is 0 Å². The first-order valence-corrected chi connectivity index (χ1v) is 6.43. The van der Waals surface area contributed by atoms with Gasteiger partial charge in [-0.15, -0.1) is 0 Å². The number of para-hydroxylation sites is 1. The van der Waals surface area contributed by atoms with Crippen LogP contribution in [0.25, 0.3) is 0 Å². The van der Waals surface area contributed by atoms with Crippen molar-refractivity contribution in [2.24, 2.45) is 5.92 Å². The molecule has 0 aliphatic heterocycles. The predicted octanol–water partition coefficient (Wildman–Crippen LogP) is 2.83. The number of hydrogen-bond acceptors (Lipinski definition) is 2. The van der Waals surface area contributed by atoms with Gasteiger partial charge in [-0.25, -0.2) is 0 Å². The molecule has 0 heterocycles. The lowest BCUT2D eigenvalue weighted by molar-refractivity contribution is -0.178. The summed E-state index contributed by atoms with van der Waals surface area (Å²) in [6, 6.07) is 9.64. The first-order chi connectivity index (χ1) is 9.32. The van der Waals surface area contributed by atoms with Crippen LogP contribution in [0.1, 0.15) is 13.3 Å². The number of carbonyl (C=O) groups is 1. The number of hydrogen-bond donors (Lipinski definition) is 1. The molecule has 1 atom stereocenters. The molecular formula is C14H19F3N2O. The largest absolute Gasteiger partial charge is 0.400 e. The van der Waals surface area contributed by atoms with Crippen LogP contribution in [0.3, 0.4) is 0 Å². The molecular weight excluding hydrogens is 269 g/mol. The van der Waals surface area contributed by atoms with Crippen LogP contribution < -0.4 is 10.2 Å². The van der Waals surface area contributed by atoms with Gasteiger partial charge in [0.05, 0.1) is 0 Å². The monoisotopic (exact) mass is 288 g/mol. The second-order valence-corrected chi connectivity index (χ2v) is 4.66. The third-order valence-corrected chi connectivity index (χ3v) is 3.05. The summed E-state index contributed by atoms with van der Waals surface area (Å²) < 4.78 is 36.9. The smallest absolute Gasteiger partial charge is 0.375 e. The number of anilines is 1. The van der Waals surface area contributed by atoms with Crippen LogP contribution in [-0.4, -0.2) is 32.2 Å². The Kier molecular flexibility index (Phi) is 5.85. The Morgan fingerprint density at radius 1 is 1.30 bits per heavy atom. The molecule has 0 unspecified atom stereocenters. The first kappa shape index (κ1) is 16.3. The summed E-state index contributed by atoms with van der Waals surface area (Å²) in [7, 11) is 1.90. The van der Waals surface area contributed by atoms with Crippen molar-refractivity contribution in [3.63, 3.8) is 0 Å². The SMILES string of the molecule is C[C@@H](C(=O)NCCCN(C)c1ccccc1)C(F)(F)F. The molecule has 6 heteroatoms. The van der Waals surface area contributed by atoms with Crippen LogP contribution in [0, 0.1) is 5.92 Å². The maximum absolute atomic E-state index is 12.3. The van der Waals surface area contributed by atoms with E-state index in [4.69, 9.17) is 0 Å². The average molecular weight is 288 g/mol. The number of nitrogens with one attached hydrogen (secondary N) is 1. The molecule has 0 aromatic heterocycles. The highest BCUT2D eigenvalue weighted by molar-refractivity contribution is 5.78. The maximum atomic E-state index is 12.3. The third kappa shape index (κ3) is 5.11. The summed E-state index contributed by atoms with van der Waals surface area (Å²) in [5.41, 5.74) is 1.03. The van der Waals surface area contributed by atoms with Gasteiger partial charge in [-0.3, -0.25) is 4.79 Å². The molecule has 0 aliphatic carbocycles. The number of alkyl halides is 3. The third-order valence-electron chi connectivity index (χ3n) is 3.05. The van der Waals surface area contributed by atoms with Crippen LogP contribution in [0.15, 0.2) is 30.3 Å². The summed E-state index contributed by atoms with van der Waals surface area (Å²) in [6.45, 7) is 1.76. The topological polar surface area (TPSA) is 32.3 Å². The van der Waals surface area contributed by atoms with E-state index in [1.807, 2.05) is 42.3 Å². The molecule has 0 radical (unpaired) electrons. The van der Waals surface area contributed by atoms with E-state index >= 15 is 0 Å². The number of carbonyl (C=O) groups excluding carboxylic acids is 1. The molecule has 3 nitrogen and oxygen atoms in total. The van der Waals surface area contributed by atoms with Gasteiger partial charge in [0.2, 0.25) is 5.91 Å². The summed E-state index contributed by atoms with van der Waals surface area (Å²) in [4.78, 5) is 13.2. The average Bonchev–Trinajstić information content (AvgIpc) is 2.42. The molecule has 0 saturated carbocycles. The van der Waals surface area contributed by atoms with Gasteiger partial charge in [-0.1, -0.05) is 18.2 Å². The summed E-state index contributed by atoms with van der Waals surface area (Å²) in [5, 5.41) is 2.31. The molecule has 1 aromatic rings. The highest BCUT2D eigenvalue weighted by Crippen LogP contribution is 2.25. The fourth-order valence-corrected chi connectivity index (χ4v) is 1.64. The summed E-state index contributed by atoms with van der Waals surface area (Å²) in [6.07, 6.45) is -3.90. The van der Waals surface area contributed by atoms with Gasteiger partial charge in [-0.2, -0.15) is 13.2 Å². The second kappa shape index (κ2) is 7.17. The van der Waals surface area contributed by atoms with Crippen molar-refractivity contribution in [1.29, 1.82) is 0 Å². The molecule has 1 amide bonds. The molecule has 0 saturated heterocycles. The van der Waals surface area contributed by atoms with Crippen molar-refractivity contribution in [2.75, 3.05) is 25.0 Å². The number of nitrogens with zero attached hydrogens (tertiary/aromatic N) is 1. The van der Waals surface area contributed by atoms with Crippen molar-refractivity contribution in [1.82, 2.24) is 5.32 Å². The molecule has 0 fully saturated rings. The van der Waals surface area contributed by atoms with E-state index in [0.29, 0.717) is 13.0 Å². The zero-order chi connectivity index (χ0) is 15.2. The van der Waals surface area contributed by atoms with Crippen LogP contribution >= 0.6 is 0 Å². The molecule has 112 valence electrons. The molecule has 20 heavy (non-hydrogen) atoms. The number of halogens is 3. The number of amides is 1. The highest BCUT2D eigenvalue weighted by atomic mass is 19.4. The van der Waals surface area contributed by atoms with Gasteiger partial charge >= 0.3 is 6.18 Å². The maximum Gasteiger partial charge on any atom is 0.400 e. The lowest BCUT2D eigenvalue weighted by Crippen LogP contribution is -2.38. The molecule has 0 aliphatic rings. The van der Waals surface area contributed by atoms with Crippen LogP contribution in [0.5, 0.6) is 0 Å². The Labute approximate surface area is 116 Å². The van der Waals surface area contributed by atoms with E-state index in [9.17, 15) is 18.0 Å². The molecule has 1 aromatic carbocycles. The lowest BCUT2D eigenvalue weighted by Gasteiger charge is -2.20. The predicted molar refractivity (Wildman–Crippen MR) is 72.6 cm³/mol. The molecule has 0 bridgehead atoms. The van der Waals surface area contributed by atoms with Crippen LogP contribution in [0.4, 0.5) is 18.9 Å². The zero-order valence-corrected chi connectivity index (χ0v) is 11.6.